The van der Waals surface area contributed by atoms with Crippen molar-refractivity contribution in [2.75, 3.05) is 0 Å². The van der Waals surface area contributed by atoms with Crippen LogP contribution in [0.3, 0.4) is 0 Å². The monoisotopic (exact) mass is 294 g/mol. The molecule has 1 aromatic heterocycles. The summed E-state index contributed by atoms with van der Waals surface area (Å²) in [5.74, 6) is 0.114. The van der Waals surface area contributed by atoms with Crippen molar-refractivity contribution in [3.63, 3.8) is 0 Å². The molecule has 1 amide bonds. The molecule has 0 saturated heterocycles. The summed E-state index contributed by atoms with van der Waals surface area (Å²) in [6.45, 7) is 0. The molecule has 1 N–H and O–H groups in total. The van der Waals surface area contributed by atoms with E-state index in [2.05, 4.69) is 5.32 Å². The Hall–Kier alpha value is -1.90. The highest BCUT2D eigenvalue weighted by molar-refractivity contribution is 6.07. The van der Waals surface area contributed by atoms with Gasteiger partial charge in [0.1, 0.15) is 0 Å². The van der Waals surface area contributed by atoms with Crippen molar-refractivity contribution in [3.8, 4) is 0 Å². The first kappa shape index (κ1) is 13.7. The van der Waals surface area contributed by atoms with E-state index in [9.17, 15) is 4.79 Å². The zero-order valence-corrected chi connectivity index (χ0v) is 12.9. The molecule has 2 aliphatic rings. The fraction of sp³-hybridized carbons (Fsp3) is 0.474. The molecule has 1 fully saturated rings. The summed E-state index contributed by atoms with van der Waals surface area (Å²) in [6, 6.07) is 8.44. The van der Waals surface area contributed by atoms with Crippen LogP contribution in [-0.2, 0) is 12.8 Å². The van der Waals surface area contributed by atoms with E-state index in [1.807, 2.05) is 24.3 Å². The number of carbonyl (C=O) groups is 1. The number of hydrogen-bond donors (Lipinski definition) is 1. The number of rotatable bonds is 2. The summed E-state index contributed by atoms with van der Waals surface area (Å²) in [5.41, 5.74) is 4.19. The fourth-order valence-electron chi connectivity index (χ4n) is 3.96. The van der Waals surface area contributed by atoms with Gasteiger partial charge in [-0.15, -0.1) is 0 Å². The summed E-state index contributed by atoms with van der Waals surface area (Å²) in [7, 11) is 0. The number of hydrogen-bond acceptors (Lipinski definition) is 2. The van der Waals surface area contributed by atoms with Gasteiger partial charge in [-0.3, -0.25) is 9.78 Å². The molecule has 3 heteroatoms. The van der Waals surface area contributed by atoms with Crippen LogP contribution in [0, 0.1) is 0 Å². The summed E-state index contributed by atoms with van der Waals surface area (Å²) in [4.78, 5) is 17.8. The predicted octanol–water partition coefficient (Wildman–Crippen LogP) is 3.79. The van der Waals surface area contributed by atoms with Crippen molar-refractivity contribution in [1.29, 1.82) is 0 Å². The van der Waals surface area contributed by atoms with Crippen LogP contribution in [0.25, 0.3) is 10.9 Å². The third-order valence-corrected chi connectivity index (χ3v) is 5.09. The van der Waals surface area contributed by atoms with Crippen LogP contribution >= 0.6 is 0 Å². The Labute approximate surface area is 131 Å². The highest BCUT2D eigenvalue weighted by atomic mass is 16.1. The number of aryl methyl sites for hydroxylation is 1. The molecular formula is C19H22N2O. The molecule has 4 rings (SSSR count). The Morgan fingerprint density at radius 3 is 2.68 bits per heavy atom. The molecule has 22 heavy (non-hydrogen) atoms. The van der Waals surface area contributed by atoms with Gasteiger partial charge in [-0.1, -0.05) is 31.0 Å². The van der Waals surface area contributed by atoms with E-state index in [-0.39, 0.29) is 5.91 Å². The first-order valence-corrected chi connectivity index (χ1v) is 8.54. The molecule has 2 aromatic rings. The quantitative estimate of drug-likeness (QED) is 0.915. The van der Waals surface area contributed by atoms with Gasteiger partial charge in [-0.2, -0.15) is 0 Å². The predicted molar refractivity (Wildman–Crippen MR) is 88.1 cm³/mol. The normalized spacial score (nSPS) is 18.4. The van der Waals surface area contributed by atoms with Crippen LogP contribution < -0.4 is 5.32 Å². The molecule has 0 radical (unpaired) electrons. The molecule has 0 aliphatic heterocycles. The van der Waals surface area contributed by atoms with Gasteiger partial charge in [0.25, 0.3) is 5.91 Å². The topological polar surface area (TPSA) is 42.0 Å². The van der Waals surface area contributed by atoms with Gasteiger partial charge in [0, 0.05) is 17.1 Å². The molecule has 114 valence electrons. The average Bonchev–Trinajstić information content (AvgIpc) is 3.05. The molecule has 0 spiro atoms. The maximum atomic E-state index is 12.9. The van der Waals surface area contributed by atoms with Crippen molar-refractivity contribution in [2.24, 2.45) is 0 Å². The third kappa shape index (κ3) is 2.39. The van der Waals surface area contributed by atoms with E-state index in [1.165, 1.54) is 24.8 Å². The second-order valence-corrected chi connectivity index (χ2v) is 6.59. The summed E-state index contributed by atoms with van der Waals surface area (Å²) < 4.78 is 0. The van der Waals surface area contributed by atoms with Crippen molar-refractivity contribution >= 4 is 16.8 Å². The molecule has 0 unspecified atom stereocenters. The van der Waals surface area contributed by atoms with Gasteiger partial charge in [-0.25, -0.2) is 0 Å². The highest BCUT2D eigenvalue weighted by Gasteiger charge is 2.25. The minimum Gasteiger partial charge on any atom is -0.349 e. The van der Waals surface area contributed by atoms with Gasteiger partial charge in [0.15, 0.2) is 0 Å². The summed E-state index contributed by atoms with van der Waals surface area (Å²) in [6.07, 6.45) is 9.05. The zero-order chi connectivity index (χ0) is 14.9. The zero-order valence-electron chi connectivity index (χ0n) is 12.9. The van der Waals surface area contributed by atoms with Crippen LogP contribution in [0.15, 0.2) is 24.3 Å². The average molecular weight is 294 g/mol. The number of benzene rings is 1. The van der Waals surface area contributed by atoms with Gasteiger partial charge in [0.05, 0.1) is 11.1 Å². The Kier molecular flexibility index (Phi) is 3.57. The number of para-hydroxylation sites is 1. The Morgan fingerprint density at radius 2 is 1.82 bits per heavy atom. The number of nitrogens with zero attached hydrogens (tertiary/aromatic N) is 1. The van der Waals surface area contributed by atoms with E-state index < -0.39 is 0 Å². The van der Waals surface area contributed by atoms with Crippen LogP contribution in [-0.4, -0.2) is 16.9 Å². The summed E-state index contributed by atoms with van der Waals surface area (Å²) >= 11 is 0. The summed E-state index contributed by atoms with van der Waals surface area (Å²) in [5, 5.41) is 4.28. The van der Waals surface area contributed by atoms with Gasteiger partial charge in [0.2, 0.25) is 0 Å². The third-order valence-electron chi connectivity index (χ3n) is 5.09. The van der Waals surface area contributed by atoms with Crippen molar-refractivity contribution in [2.45, 2.75) is 57.4 Å². The minimum atomic E-state index is 0.114. The first-order valence-electron chi connectivity index (χ1n) is 8.54. The maximum Gasteiger partial charge on any atom is 0.252 e. The molecule has 0 atom stereocenters. The lowest BCUT2D eigenvalue weighted by atomic mass is 9.89. The van der Waals surface area contributed by atoms with Crippen molar-refractivity contribution in [1.82, 2.24) is 10.3 Å². The lowest BCUT2D eigenvalue weighted by Gasteiger charge is -2.21. The van der Waals surface area contributed by atoms with Gasteiger partial charge >= 0.3 is 0 Å². The SMILES string of the molecule is O=C(NC1CCCC1)c1c2c(nc3ccccc13)CCCC2. The maximum absolute atomic E-state index is 12.9. The molecule has 1 aromatic carbocycles. The number of fused-ring (bicyclic) bond motifs is 2. The van der Waals surface area contributed by atoms with E-state index >= 15 is 0 Å². The van der Waals surface area contributed by atoms with Crippen LogP contribution in [0.4, 0.5) is 0 Å². The van der Waals surface area contributed by atoms with Crippen molar-refractivity contribution < 1.29 is 4.79 Å². The number of amides is 1. The lowest BCUT2D eigenvalue weighted by molar-refractivity contribution is 0.0938. The fourth-order valence-corrected chi connectivity index (χ4v) is 3.96. The van der Waals surface area contributed by atoms with Crippen molar-refractivity contribution in [3.05, 3.63) is 41.1 Å². The second kappa shape index (κ2) is 5.71. The van der Waals surface area contributed by atoms with E-state index in [0.717, 1.165) is 54.3 Å². The first-order chi connectivity index (χ1) is 10.8. The van der Waals surface area contributed by atoms with Gasteiger partial charge in [-0.05, 0) is 50.2 Å². The van der Waals surface area contributed by atoms with E-state index in [1.54, 1.807) is 0 Å². The Morgan fingerprint density at radius 1 is 1.05 bits per heavy atom. The molecule has 1 saturated carbocycles. The Balaban J connectivity index is 1.81. The number of nitrogens with one attached hydrogen (secondary N) is 1. The standard InChI is InChI=1S/C19H22N2O/c22-19(20-13-7-1-2-8-13)18-14-9-3-5-11-16(14)21-17-12-6-4-10-15(17)18/h3,5,9,11,13H,1-2,4,6-8,10,12H2,(H,20,22). The lowest BCUT2D eigenvalue weighted by Crippen LogP contribution is -2.34. The second-order valence-electron chi connectivity index (χ2n) is 6.59. The number of aromatic nitrogens is 1. The van der Waals surface area contributed by atoms with Gasteiger partial charge < -0.3 is 5.32 Å². The molecule has 3 nitrogen and oxygen atoms in total. The highest BCUT2D eigenvalue weighted by Crippen LogP contribution is 2.29. The van der Waals surface area contributed by atoms with E-state index in [4.69, 9.17) is 4.98 Å². The number of pyridine rings is 1. The van der Waals surface area contributed by atoms with Crippen LogP contribution in [0.5, 0.6) is 0 Å². The Bertz CT molecular complexity index is 717. The molecular weight excluding hydrogens is 272 g/mol. The van der Waals surface area contributed by atoms with E-state index in [0.29, 0.717) is 6.04 Å². The smallest absolute Gasteiger partial charge is 0.252 e. The minimum absolute atomic E-state index is 0.114. The van der Waals surface area contributed by atoms with Crippen LogP contribution in [0.1, 0.15) is 60.1 Å². The van der Waals surface area contributed by atoms with Crippen LogP contribution in [0.2, 0.25) is 0 Å². The molecule has 1 heterocycles. The number of carbonyl (C=O) groups excluding carboxylic acids is 1. The molecule has 0 bridgehead atoms. The molecule has 2 aliphatic carbocycles. The largest absolute Gasteiger partial charge is 0.349 e.